The first-order valence-corrected chi connectivity index (χ1v) is 10.8. The Morgan fingerprint density at radius 1 is 0.758 bits per heavy atom. The number of carbonyl (C=O) groups excluding carboxylic acids is 1. The number of aromatic nitrogens is 1. The molecule has 0 aliphatic carbocycles. The summed E-state index contributed by atoms with van der Waals surface area (Å²) in [5, 5.41) is 0. The first-order chi connectivity index (χ1) is 16.2. The molecule has 0 atom stereocenters. The van der Waals surface area contributed by atoms with Gasteiger partial charge in [-0.25, -0.2) is 0 Å². The summed E-state index contributed by atoms with van der Waals surface area (Å²) >= 11 is 0. The molecular formula is C28H25NO4. The summed E-state index contributed by atoms with van der Waals surface area (Å²) in [6.07, 6.45) is 0.807. The van der Waals surface area contributed by atoms with Crippen molar-refractivity contribution < 1.29 is 19.0 Å². The van der Waals surface area contributed by atoms with Crippen molar-refractivity contribution >= 4 is 6.29 Å². The van der Waals surface area contributed by atoms with Crippen LogP contribution in [0.15, 0.2) is 91.0 Å². The van der Waals surface area contributed by atoms with Crippen LogP contribution in [0.5, 0.6) is 17.5 Å². The Kier molecular flexibility index (Phi) is 7.33. The van der Waals surface area contributed by atoms with E-state index >= 15 is 0 Å². The van der Waals surface area contributed by atoms with E-state index in [1.165, 1.54) is 0 Å². The summed E-state index contributed by atoms with van der Waals surface area (Å²) < 4.78 is 17.7. The van der Waals surface area contributed by atoms with Crippen LogP contribution in [0.4, 0.5) is 0 Å². The molecule has 0 saturated heterocycles. The quantitative estimate of drug-likeness (QED) is 0.279. The largest absolute Gasteiger partial charge is 0.494 e. The molecule has 0 unspecified atom stereocenters. The number of ether oxygens (including phenoxy) is 3. The van der Waals surface area contributed by atoms with Gasteiger partial charge in [0.15, 0.2) is 0 Å². The van der Waals surface area contributed by atoms with E-state index in [0.29, 0.717) is 42.9 Å². The third-order valence-corrected chi connectivity index (χ3v) is 4.97. The molecule has 5 nitrogen and oxygen atoms in total. The van der Waals surface area contributed by atoms with Gasteiger partial charge in [-0.2, -0.15) is 4.98 Å². The van der Waals surface area contributed by atoms with Crippen LogP contribution in [0, 0.1) is 0 Å². The van der Waals surface area contributed by atoms with Gasteiger partial charge in [0.2, 0.25) is 11.8 Å². The van der Waals surface area contributed by atoms with E-state index in [1.54, 1.807) is 12.1 Å². The molecule has 1 aromatic heterocycles. The van der Waals surface area contributed by atoms with Crippen molar-refractivity contribution in [2.75, 3.05) is 6.61 Å². The lowest BCUT2D eigenvalue weighted by molar-refractivity contribution is 0.112. The smallest absolute Gasteiger partial charge is 0.225 e. The third kappa shape index (κ3) is 5.98. The lowest BCUT2D eigenvalue weighted by Gasteiger charge is -2.14. The van der Waals surface area contributed by atoms with E-state index in [2.05, 4.69) is 4.98 Å². The minimum atomic E-state index is 0.356. The van der Waals surface area contributed by atoms with E-state index in [-0.39, 0.29) is 0 Å². The van der Waals surface area contributed by atoms with E-state index in [1.807, 2.05) is 85.8 Å². The van der Waals surface area contributed by atoms with Gasteiger partial charge in [0.25, 0.3) is 0 Å². The Bertz CT molecular complexity index is 1190. The monoisotopic (exact) mass is 439 g/mol. The lowest BCUT2D eigenvalue weighted by atomic mass is 10.0. The van der Waals surface area contributed by atoms with Gasteiger partial charge < -0.3 is 14.2 Å². The second-order valence-corrected chi connectivity index (χ2v) is 7.39. The standard InChI is InChI=1S/C28H25NO4/c1-2-31-25-16-23(18-30)15-24(17-25)26-13-14-27(32-19-21-9-5-3-6-10-21)29-28(26)33-20-22-11-7-4-8-12-22/h3-18H,2,19-20H2,1H3. The van der Waals surface area contributed by atoms with Gasteiger partial charge in [-0.3, -0.25) is 4.79 Å². The zero-order chi connectivity index (χ0) is 22.9. The van der Waals surface area contributed by atoms with Gasteiger partial charge >= 0.3 is 0 Å². The summed E-state index contributed by atoms with van der Waals surface area (Å²) in [7, 11) is 0. The topological polar surface area (TPSA) is 57.7 Å². The normalized spacial score (nSPS) is 10.5. The van der Waals surface area contributed by atoms with Crippen LogP contribution in [-0.2, 0) is 13.2 Å². The van der Waals surface area contributed by atoms with Gasteiger partial charge in [0.05, 0.1) is 6.61 Å². The number of aldehydes is 1. The molecule has 0 fully saturated rings. The number of benzene rings is 3. The average molecular weight is 440 g/mol. The Balaban J connectivity index is 1.66. The SMILES string of the molecule is CCOc1cc(C=O)cc(-c2ccc(OCc3ccccc3)nc2OCc2ccccc2)c1. The van der Waals surface area contributed by atoms with Crippen molar-refractivity contribution in [2.45, 2.75) is 20.1 Å². The fraction of sp³-hybridized carbons (Fsp3) is 0.143. The van der Waals surface area contributed by atoms with Crippen LogP contribution in [0.25, 0.3) is 11.1 Å². The van der Waals surface area contributed by atoms with Crippen LogP contribution in [0.2, 0.25) is 0 Å². The molecule has 4 aromatic rings. The molecule has 0 aliphatic heterocycles. The predicted octanol–water partition coefficient (Wildman–Crippen LogP) is 6.12. The molecule has 5 heteroatoms. The Labute approximate surface area is 193 Å². The van der Waals surface area contributed by atoms with Gasteiger partial charge in [-0.15, -0.1) is 0 Å². The van der Waals surface area contributed by atoms with Gasteiger partial charge in [0.1, 0.15) is 25.2 Å². The van der Waals surface area contributed by atoms with E-state index in [0.717, 1.165) is 28.5 Å². The van der Waals surface area contributed by atoms with Crippen molar-refractivity contribution in [1.29, 1.82) is 0 Å². The number of nitrogens with zero attached hydrogens (tertiary/aromatic N) is 1. The molecule has 1 heterocycles. The number of hydrogen-bond acceptors (Lipinski definition) is 5. The van der Waals surface area contributed by atoms with Crippen LogP contribution < -0.4 is 14.2 Å². The molecule has 0 N–H and O–H groups in total. The highest BCUT2D eigenvalue weighted by molar-refractivity contribution is 5.81. The van der Waals surface area contributed by atoms with Crippen LogP contribution in [-0.4, -0.2) is 17.9 Å². The fourth-order valence-electron chi connectivity index (χ4n) is 3.39. The summed E-state index contributed by atoms with van der Waals surface area (Å²) in [5.41, 5.74) is 4.14. The molecule has 0 amide bonds. The van der Waals surface area contributed by atoms with E-state index < -0.39 is 0 Å². The first-order valence-electron chi connectivity index (χ1n) is 10.8. The Morgan fingerprint density at radius 2 is 1.42 bits per heavy atom. The van der Waals surface area contributed by atoms with Crippen molar-refractivity contribution in [3.05, 3.63) is 108 Å². The highest BCUT2D eigenvalue weighted by atomic mass is 16.5. The van der Waals surface area contributed by atoms with Crippen LogP contribution in [0.1, 0.15) is 28.4 Å². The predicted molar refractivity (Wildman–Crippen MR) is 128 cm³/mol. The second kappa shape index (κ2) is 11.0. The molecule has 0 spiro atoms. The molecule has 0 bridgehead atoms. The van der Waals surface area contributed by atoms with Crippen molar-refractivity contribution in [1.82, 2.24) is 4.98 Å². The molecule has 3 aromatic carbocycles. The summed E-state index contributed by atoms with van der Waals surface area (Å²) in [6.45, 7) is 3.17. The van der Waals surface area contributed by atoms with Crippen molar-refractivity contribution in [3.63, 3.8) is 0 Å². The number of carbonyl (C=O) groups is 1. The number of hydrogen-bond donors (Lipinski definition) is 0. The maximum absolute atomic E-state index is 11.5. The van der Waals surface area contributed by atoms with Gasteiger partial charge in [-0.05, 0) is 47.9 Å². The summed E-state index contributed by atoms with van der Waals surface area (Å²) in [6, 6.07) is 28.9. The highest BCUT2D eigenvalue weighted by Gasteiger charge is 2.14. The van der Waals surface area contributed by atoms with Crippen molar-refractivity contribution in [2.24, 2.45) is 0 Å². The van der Waals surface area contributed by atoms with Crippen LogP contribution >= 0.6 is 0 Å². The van der Waals surface area contributed by atoms with Gasteiger partial charge in [-0.1, -0.05) is 60.7 Å². The van der Waals surface area contributed by atoms with Crippen molar-refractivity contribution in [3.8, 4) is 28.6 Å². The summed E-state index contributed by atoms with van der Waals surface area (Å²) in [4.78, 5) is 16.1. The second-order valence-electron chi connectivity index (χ2n) is 7.39. The zero-order valence-corrected chi connectivity index (χ0v) is 18.4. The Hall–Kier alpha value is -4.12. The minimum absolute atomic E-state index is 0.356. The molecule has 166 valence electrons. The third-order valence-electron chi connectivity index (χ3n) is 4.97. The molecule has 0 saturated carbocycles. The van der Waals surface area contributed by atoms with E-state index in [9.17, 15) is 4.79 Å². The zero-order valence-electron chi connectivity index (χ0n) is 18.4. The minimum Gasteiger partial charge on any atom is -0.494 e. The molecule has 0 radical (unpaired) electrons. The Morgan fingerprint density at radius 3 is 2.06 bits per heavy atom. The average Bonchev–Trinajstić information content (AvgIpc) is 2.87. The first kappa shape index (κ1) is 22.1. The molecular weight excluding hydrogens is 414 g/mol. The lowest BCUT2D eigenvalue weighted by Crippen LogP contribution is -2.03. The molecule has 0 aliphatic rings. The molecule has 4 rings (SSSR count). The van der Waals surface area contributed by atoms with Gasteiger partial charge in [0, 0.05) is 17.2 Å². The maximum Gasteiger partial charge on any atom is 0.225 e. The maximum atomic E-state index is 11.5. The van der Waals surface area contributed by atoms with Crippen LogP contribution in [0.3, 0.4) is 0 Å². The fourth-order valence-corrected chi connectivity index (χ4v) is 3.39. The number of pyridine rings is 1. The molecule has 33 heavy (non-hydrogen) atoms. The summed E-state index contributed by atoms with van der Waals surface area (Å²) in [5.74, 6) is 1.51. The van der Waals surface area contributed by atoms with E-state index in [4.69, 9.17) is 14.2 Å². The number of rotatable bonds is 10. The highest BCUT2D eigenvalue weighted by Crippen LogP contribution is 2.34.